The minimum atomic E-state index is 1.32. The molecule has 0 bridgehead atoms. The van der Waals surface area contributed by atoms with E-state index in [9.17, 15) is 0 Å². The molecule has 2 saturated heterocycles. The van der Waals surface area contributed by atoms with E-state index in [0.717, 1.165) is 0 Å². The van der Waals surface area contributed by atoms with Crippen LogP contribution in [-0.2, 0) is 0 Å². The minimum Gasteiger partial charge on any atom is -0.242 e. The van der Waals surface area contributed by atoms with Gasteiger partial charge in [0.15, 0.2) is 0 Å². The van der Waals surface area contributed by atoms with E-state index in [-0.39, 0.29) is 0 Å². The molecule has 10 heavy (non-hydrogen) atoms. The Kier molecular flexibility index (Phi) is 1.91. The summed E-state index contributed by atoms with van der Waals surface area (Å²) in [6, 6.07) is 0. The SMILES string of the molecule is C1CCCN(N2CC2)CC1. The first-order valence-electron chi connectivity index (χ1n) is 4.46. The molecule has 0 unspecified atom stereocenters. The maximum atomic E-state index is 2.53. The molecule has 58 valence electrons. The first-order chi connectivity index (χ1) is 4.97. The second-order valence-corrected chi connectivity index (χ2v) is 3.32. The lowest BCUT2D eigenvalue weighted by atomic mass is 10.2. The molecular weight excluding hydrogens is 124 g/mol. The fourth-order valence-corrected chi connectivity index (χ4v) is 1.66. The van der Waals surface area contributed by atoms with Crippen molar-refractivity contribution in [2.24, 2.45) is 0 Å². The standard InChI is InChI=1S/C8H16N2/c1-2-4-6-9(5-3-1)10-7-8-10/h1-8H2. The third-order valence-corrected chi connectivity index (χ3v) is 2.41. The van der Waals surface area contributed by atoms with Crippen LogP contribution in [0.4, 0.5) is 0 Å². The van der Waals surface area contributed by atoms with Gasteiger partial charge in [0.1, 0.15) is 0 Å². The average Bonchev–Trinajstić information content (AvgIpc) is 2.76. The second kappa shape index (κ2) is 2.89. The van der Waals surface area contributed by atoms with Crippen LogP contribution in [0.5, 0.6) is 0 Å². The summed E-state index contributed by atoms with van der Waals surface area (Å²) in [5.41, 5.74) is 0. The minimum absolute atomic E-state index is 1.32. The molecule has 2 nitrogen and oxygen atoms in total. The zero-order valence-electron chi connectivity index (χ0n) is 6.55. The summed E-state index contributed by atoms with van der Waals surface area (Å²) in [6.45, 7) is 5.28. The highest BCUT2D eigenvalue weighted by molar-refractivity contribution is 4.72. The third kappa shape index (κ3) is 1.50. The van der Waals surface area contributed by atoms with E-state index in [2.05, 4.69) is 10.0 Å². The van der Waals surface area contributed by atoms with Crippen LogP contribution in [0, 0.1) is 0 Å². The average molecular weight is 140 g/mol. The monoisotopic (exact) mass is 140 g/mol. The molecule has 0 aliphatic carbocycles. The van der Waals surface area contributed by atoms with Crippen LogP contribution in [0.15, 0.2) is 0 Å². The summed E-state index contributed by atoms with van der Waals surface area (Å²) < 4.78 is 0. The molecule has 2 heterocycles. The van der Waals surface area contributed by atoms with Crippen molar-refractivity contribution in [3.05, 3.63) is 0 Å². The van der Waals surface area contributed by atoms with Crippen LogP contribution in [0.3, 0.4) is 0 Å². The third-order valence-electron chi connectivity index (χ3n) is 2.41. The summed E-state index contributed by atoms with van der Waals surface area (Å²) in [4.78, 5) is 0. The van der Waals surface area contributed by atoms with Gasteiger partial charge in [0.2, 0.25) is 0 Å². The van der Waals surface area contributed by atoms with Gasteiger partial charge >= 0.3 is 0 Å². The molecule has 0 aromatic heterocycles. The van der Waals surface area contributed by atoms with Crippen LogP contribution in [0.1, 0.15) is 25.7 Å². The van der Waals surface area contributed by atoms with E-state index in [1.165, 1.54) is 51.9 Å². The van der Waals surface area contributed by atoms with Gasteiger partial charge < -0.3 is 0 Å². The highest BCUT2D eigenvalue weighted by Crippen LogP contribution is 2.16. The van der Waals surface area contributed by atoms with Gasteiger partial charge in [0.25, 0.3) is 0 Å². The summed E-state index contributed by atoms with van der Waals surface area (Å²) >= 11 is 0. The largest absolute Gasteiger partial charge is 0.242 e. The summed E-state index contributed by atoms with van der Waals surface area (Å²) in [5.74, 6) is 0. The van der Waals surface area contributed by atoms with Crippen LogP contribution in [-0.4, -0.2) is 36.2 Å². The van der Waals surface area contributed by atoms with E-state index < -0.39 is 0 Å². The molecule has 2 heteroatoms. The summed E-state index contributed by atoms with van der Waals surface area (Å²) in [5, 5.41) is 5.00. The van der Waals surface area contributed by atoms with Crippen molar-refractivity contribution in [1.29, 1.82) is 0 Å². The number of rotatable bonds is 1. The Morgan fingerprint density at radius 2 is 1.00 bits per heavy atom. The molecule has 0 N–H and O–H groups in total. The van der Waals surface area contributed by atoms with Gasteiger partial charge in [-0.2, -0.15) is 0 Å². The van der Waals surface area contributed by atoms with Crippen molar-refractivity contribution in [2.75, 3.05) is 26.2 Å². The Morgan fingerprint density at radius 3 is 1.50 bits per heavy atom. The quantitative estimate of drug-likeness (QED) is 0.503. The van der Waals surface area contributed by atoms with Gasteiger partial charge in [0, 0.05) is 26.2 Å². The maximum Gasteiger partial charge on any atom is 0.0275 e. The predicted octanol–water partition coefficient (Wildman–Crippen LogP) is 1.09. The van der Waals surface area contributed by atoms with Crippen molar-refractivity contribution in [3.8, 4) is 0 Å². The summed E-state index contributed by atoms with van der Waals surface area (Å²) in [6.07, 6.45) is 5.72. The van der Waals surface area contributed by atoms with Crippen molar-refractivity contribution < 1.29 is 0 Å². The van der Waals surface area contributed by atoms with Crippen LogP contribution < -0.4 is 0 Å². The number of nitrogens with zero attached hydrogens (tertiary/aromatic N) is 2. The summed E-state index contributed by atoms with van der Waals surface area (Å²) in [7, 11) is 0. The molecule has 0 amide bonds. The highest BCUT2D eigenvalue weighted by atomic mass is 15.7. The van der Waals surface area contributed by atoms with Gasteiger partial charge in [-0.25, -0.2) is 10.0 Å². The van der Waals surface area contributed by atoms with Gasteiger partial charge in [-0.05, 0) is 12.8 Å². The number of hydrazine groups is 1. The second-order valence-electron chi connectivity index (χ2n) is 3.32. The molecule has 0 aromatic carbocycles. The fraction of sp³-hybridized carbons (Fsp3) is 1.00. The molecule has 0 atom stereocenters. The maximum absolute atomic E-state index is 2.53. The molecule has 2 aliphatic rings. The number of hydrogen-bond acceptors (Lipinski definition) is 2. The van der Waals surface area contributed by atoms with Crippen molar-refractivity contribution >= 4 is 0 Å². The fourth-order valence-electron chi connectivity index (χ4n) is 1.66. The number of hydrogen-bond donors (Lipinski definition) is 0. The Bertz CT molecular complexity index is 102. The van der Waals surface area contributed by atoms with E-state index in [4.69, 9.17) is 0 Å². The van der Waals surface area contributed by atoms with Crippen LogP contribution in [0.2, 0.25) is 0 Å². The molecular formula is C8H16N2. The molecule has 0 saturated carbocycles. The zero-order chi connectivity index (χ0) is 6.81. The van der Waals surface area contributed by atoms with Gasteiger partial charge in [-0.15, -0.1) is 0 Å². The normalized spacial score (nSPS) is 30.0. The molecule has 2 rings (SSSR count). The zero-order valence-corrected chi connectivity index (χ0v) is 6.55. The van der Waals surface area contributed by atoms with Gasteiger partial charge in [-0.1, -0.05) is 12.8 Å². The van der Waals surface area contributed by atoms with E-state index in [1.807, 2.05) is 0 Å². The lowest BCUT2D eigenvalue weighted by Crippen LogP contribution is -2.30. The molecule has 2 fully saturated rings. The van der Waals surface area contributed by atoms with Gasteiger partial charge in [0.05, 0.1) is 0 Å². The Labute approximate surface area is 62.8 Å². The Balaban J connectivity index is 1.81. The highest BCUT2D eigenvalue weighted by Gasteiger charge is 2.25. The Morgan fingerprint density at radius 1 is 0.500 bits per heavy atom. The lowest BCUT2D eigenvalue weighted by molar-refractivity contribution is 0.0932. The van der Waals surface area contributed by atoms with Crippen molar-refractivity contribution in [2.45, 2.75) is 25.7 Å². The first-order valence-corrected chi connectivity index (χ1v) is 4.46. The molecule has 2 aliphatic heterocycles. The first kappa shape index (κ1) is 6.62. The van der Waals surface area contributed by atoms with Crippen LogP contribution >= 0.6 is 0 Å². The van der Waals surface area contributed by atoms with E-state index in [1.54, 1.807) is 0 Å². The predicted molar refractivity (Wildman–Crippen MR) is 41.6 cm³/mol. The van der Waals surface area contributed by atoms with Crippen molar-refractivity contribution in [1.82, 2.24) is 10.0 Å². The van der Waals surface area contributed by atoms with Crippen molar-refractivity contribution in [3.63, 3.8) is 0 Å². The van der Waals surface area contributed by atoms with Crippen LogP contribution in [0.25, 0.3) is 0 Å². The molecule has 0 aromatic rings. The molecule has 0 spiro atoms. The van der Waals surface area contributed by atoms with E-state index in [0.29, 0.717) is 0 Å². The smallest absolute Gasteiger partial charge is 0.0275 e. The topological polar surface area (TPSA) is 6.25 Å². The molecule has 0 radical (unpaired) electrons. The van der Waals surface area contributed by atoms with E-state index >= 15 is 0 Å². The lowest BCUT2D eigenvalue weighted by Gasteiger charge is -2.19. The Hall–Kier alpha value is -0.0800. The van der Waals surface area contributed by atoms with Gasteiger partial charge in [-0.3, -0.25) is 0 Å².